The van der Waals surface area contributed by atoms with Crippen LogP contribution in [-0.4, -0.2) is 21.1 Å². The van der Waals surface area contributed by atoms with Crippen LogP contribution in [0.4, 0.5) is 13.2 Å². The van der Waals surface area contributed by atoms with Gasteiger partial charge >= 0.3 is 5.85 Å². The number of aryl methyl sites for hydroxylation is 1. The third kappa shape index (κ3) is 1.87. The molecule has 0 saturated carbocycles. The largest absolute Gasteiger partial charge is 0.481 e. The number of halogens is 3. The van der Waals surface area contributed by atoms with Gasteiger partial charge in [0.2, 0.25) is 0 Å². The first-order valence-electron chi connectivity index (χ1n) is 7.31. The van der Waals surface area contributed by atoms with Gasteiger partial charge in [0.15, 0.2) is 5.60 Å². The molecule has 0 fully saturated rings. The first-order valence-corrected chi connectivity index (χ1v) is 7.31. The van der Waals surface area contributed by atoms with Crippen molar-refractivity contribution in [2.45, 2.75) is 38.0 Å². The molecule has 1 aliphatic rings. The third-order valence-electron chi connectivity index (χ3n) is 4.38. The second kappa shape index (κ2) is 4.86. The number of aliphatic hydroxyl groups is 1. The summed E-state index contributed by atoms with van der Waals surface area (Å²) in [5, 5.41) is 10.4. The molecular weight excluding hydrogens is 323 g/mol. The summed E-state index contributed by atoms with van der Waals surface area (Å²) in [6.45, 7) is 3.60. The van der Waals surface area contributed by atoms with E-state index in [1.54, 1.807) is 0 Å². The Hall–Kier alpha value is -2.28. The average Bonchev–Trinajstić information content (AvgIpc) is 2.49. The van der Waals surface area contributed by atoms with Crippen molar-refractivity contribution in [3.63, 3.8) is 0 Å². The van der Waals surface area contributed by atoms with Gasteiger partial charge in [0.1, 0.15) is 11.6 Å². The van der Waals surface area contributed by atoms with Crippen molar-refractivity contribution < 1.29 is 23.0 Å². The molecule has 0 spiro atoms. The van der Waals surface area contributed by atoms with Gasteiger partial charge in [0, 0.05) is 12.3 Å². The summed E-state index contributed by atoms with van der Waals surface area (Å²) in [5.74, 6) is -8.58. The number of rotatable bonds is 1. The van der Waals surface area contributed by atoms with Crippen LogP contribution in [-0.2, 0) is 5.79 Å². The maximum Gasteiger partial charge on any atom is 0.304 e. The van der Waals surface area contributed by atoms with Crippen molar-refractivity contribution in [2.24, 2.45) is 0 Å². The smallest absolute Gasteiger partial charge is 0.304 e. The molecular formula is C17H16F3NO3. The lowest BCUT2D eigenvalue weighted by Gasteiger charge is -2.49. The Morgan fingerprint density at radius 2 is 1.83 bits per heavy atom. The van der Waals surface area contributed by atoms with Gasteiger partial charge in [-0.2, -0.15) is 0 Å². The van der Waals surface area contributed by atoms with Gasteiger partial charge < -0.3 is 9.84 Å². The number of hydrogen-bond donors (Lipinski definition) is 1. The van der Waals surface area contributed by atoms with E-state index in [0.29, 0.717) is 4.57 Å². The van der Waals surface area contributed by atoms with E-state index in [1.165, 1.54) is 31.2 Å². The maximum atomic E-state index is 16.1. The Labute approximate surface area is 136 Å². The first kappa shape index (κ1) is 16.6. The normalized spacial score (nSPS) is 28.1. The Bertz CT molecular complexity index is 876. The Kier molecular flexibility index (Phi) is 3.36. The highest BCUT2D eigenvalue weighted by atomic mass is 19.2. The first-order chi connectivity index (χ1) is 11.0. The summed E-state index contributed by atoms with van der Waals surface area (Å²) in [4.78, 5) is 12.1. The fraction of sp³-hybridized carbons (Fsp3) is 0.353. The lowest BCUT2D eigenvalue weighted by Crippen LogP contribution is -2.68. The molecule has 0 saturated heterocycles. The number of alkyl halides is 2. The lowest BCUT2D eigenvalue weighted by molar-refractivity contribution is -0.300. The van der Waals surface area contributed by atoms with Gasteiger partial charge in [0.25, 0.3) is 11.4 Å². The summed E-state index contributed by atoms with van der Waals surface area (Å²) < 4.78 is 51.7. The number of hydrogen-bond acceptors (Lipinski definition) is 3. The van der Waals surface area contributed by atoms with E-state index in [-0.39, 0.29) is 11.3 Å². The van der Waals surface area contributed by atoms with E-state index < -0.39 is 34.2 Å². The molecule has 1 N–H and O–H groups in total. The molecule has 2 unspecified atom stereocenters. The van der Waals surface area contributed by atoms with Crippen LogP contribution in [0.15, 0.2) is 41.3 Å². The van der Waals surface area contributed by atoms with Crippen LogP contribution in [0.3, 0.4) is 0 Å². The molecule has 0 bridgehead atoms. The number of pyridine rings is 1. The molecule has 0 radical (unpaired) electrons. The molecule has 7 heteroatoms. The van der Waals surface area contributed by atoms with Gasteiger partial charge in [-0.15, -0.1) is 0 Å². The fourth-order valence-electron chi connectivity index (χ4n) is 2.93. The highest BCUT2D eigenvalue weighted by molar-refractivity contribution is 5.47. The van der Waals surface area contributed by atoms with E-state index in [2.05, 4.69) is 0 Å². The second-order valence-electron chi connectivity index (χ2n) is 6.34. The van der Waals surface area contributed by atoms with Crippen LogP contribution in [0, 0.1) is 12.7 Å². The monoisotopic (exact) mass is 339 g/mol. The minimum atomic E-state index is -3.72. The molecule has 0 aliphatic carbocycles. The van der Waals surface area contributed by atoms with E-state index in [0.717, 1.165) is 26.1 Å². The summed E-state index contributed by atoms with van der Waals surface area (Å²) in [6, 6.07) is 6.24. The van der Waals surface area contributed by atoms with Crippen LogP contribution < -0.4 is 10.3 Å². The van der Waals surface area contributed by atoms with Crippen LogP contribution in [0.2, 0.25) is 0 Å². The highest BCUT2D eigenvalue weighted by Gasteiger charge is 2.70. The van der Waals surface area contributed by atoms with Crippen LogP contribution in [0.1, 0.15) is 25.0 Å². The topological polar surface area (TPSA) is 51.5 Å². The van der Waals surface area contributed by atoms with Crippen molar-refractivity contribution in [3.8, 4) is 5.75 Å². The zero-order chi connectivity index (χ0) is 17.9. The fourth-order valence-corrected chi connectivity index (χ4v) is 2.93. The Morgan fingerprint density at radius 1 is 1.17 bits per heavy atom. The van der Waals surface area contributed by atoms with E-state index >= 15 is 8.78 Å². The van der Waals surface area contributed by atoms with Crippen molar-refractivity contribution in [3.05, 3.63) is 63.8 Å². The van der Waals surface area contributed by atoms with E-state index in [4.69, 9.17) is 4.74 Å². The summed E-state index contributed by atoms with van der Waals surface area (Å²) in [7, 11) is 0. The van der Waals surface area contributed by atoms with Crippen LogP contribution >= 0.6 is 0 Å². The average molecular weight is 339 g/mol. The zero-order valence-electron chi connectivity index (χ0n) is 13.3. The molecule has 0 amide bonds. The maximum absolute atomic E-state index is 16.1. The van der Waals surface area contributed by atoms with Crippen molar-refractivity contribution >= 4 is 0 Å². The SMILES string of the molecule is Cc1ccc2c(c1F)C(F)(n1ccccc1=O)C(O)(F)C(C)(C)O2. The minimum absolute atomic E-state index is 0.0267. The quantitative estimate of drug-likeness (QED) is 0.869. The van der Waals surface area contributed by atoms with E-state index in [9.17, 15) is 14.3 Å². The molecule has 2 atom stereocenters. The predicted molar refractivity (Wildman–Crippen MR) is 80.8 cm³/mol. The second-order valence-corrected chi connectivity index (χ2v) is 6.34. The summed E-state index contributed by atoms with van der Waals surface area (Å²) in [5.41, 5.74) is -3.83. The minimum Gasteiger partial charge on any atom is -0.481 e. The van der Waals surface area contributed by atoms with Crippen LogP contribution in [0.5, 0.6) is 5.75 Å². The molecule has 1 aliphatic heterocycles. The number of benzene rings is 1. The van der Waals surface area contributed by atoms with Crippen LogP contribution in [0.25, 0.3) is 0 Å². The standard InChI is InChI=1S/C17H16F3NO3/c1-10-7-8-11-13(14(10)18)16(19,17(20,23)15(2,3)24-11)21-9-5-4-6-12(21)22/h4-9,23H,1-3H3. The van der Waals surface area contributed by atoms with Crippen molar-refractivity contribution in [1.29, 1.82) is 0 Å². The van der Waals surface area contributed by atoms with Gasteiger partial charge in [-0.05, 0) is 38.5 Å². The molecule has 1 aromatic carbocycles. The van der Waals surface area contributed by atoms with Gasteiger partial charge in [-0.1, -0.05) is 12.1 Å². The highest BCUT2D eigenvalue weighted by Crippen LogP contribution is 2.54. The third-order valence-corrected chi connectivity index (χ3v) is 4.38. The van der Waals surface area contributed by atoms with Gasteiger partial charge in [-0.25, -0.2) is 13.2 Å². The Balaban J connectivity index is 2.49. The van der Waals surface area contributed by atoms with Gasteiger partial charge in [0.05, 0.1) is 5.56 Å². The number of aromatic nitrogens is 1. The molecule has 24 heavy (non-hydrogen) atoms. The lowest BCUT2D eigenvalue weighted by atomic mass is 9.81. The van der Waals surface area contributed by atoms with Crippen molar-refractivity contribution in [1.82, 2.24) is 4.57 Å². The molecule has 2 heterocycles. The molecule has 1 aromatic heterocycles. The number of nitrogens with zero attached hydrogens (tertiary/aromatic N) is 1. The number of fused-ring (bicyclic) bond motifs is 1. The van der Waals surface area contributed by atoms with E-state index in [1.807, 2.05) is 0 Å². The molecule has 3 rings (SSSR count). The Morgan fingerprint density at radius 3 is 2.46 bits per heavy atom. The summed E-state index contributed by atoms with van der Waals surface area (Å²) in [6.07, 6.45) is 0.958. The van der Waals surface area contributed by atoms with Crippen molar-refractivity contribution in [2.75, 3.05) is 0 Å². The molecule has 128 valence electrons. The molecule has 2 aromatic rings. The zero-order valence-corrected chi connectivity index (χ0v) is 13.3. The molecule has 4 nitrogen and oxygen atoms in total. The summed E-state index contributed by atoms with van der Waals surface area (Å²) >= 11 is 0. The predicted octanol–water partition coefficient (Wildman–Crippen LogP) is 2.80. The van der Waals surface area contributed by atoms with Gasteiger partial charge in [-0.3, -0.25) is 9.36 Å². The number of ether oxygens (including phenoxy) is 1.